The number of carbonyl (C=O) groups excluding carboxylic acids is 1. The number of halogens is 1. The third-order valence-electron chi connectivity index (χ3n) is 1.78. The maximum Gasteiger partial charge on any atom is 0.310 e. The van der Waals surface area contributed by atoms with Crippen molar-refractivity contribution in [2.75, 3.05) is 13.7 Å². The summed E-state index contributed by atoms with van der Waals surface area (Å²) in [4.78, 5) is 15.3. The number of aromatic nitrogens is 1. The number of hydrogen-bond donors (Lipinski definition) is 0. The Hall–Kier alpha value is -1.10. The van der Waals surface area contributed by atoms with E-state index in [-0.39, 0.29) is 12.4 Å². The van der Waals surface area contributed by atoms with Gasteiger partial charge in [0.15, 0.2) is 0 Å². The number of esters is 1. The minimum Gasteiger partial charge on any atom is -0.481 e. The summed E-state index contributed by atoms with van der Waals surface area (Å²) < 4.78 is 10.7. The summed E-state index contributed by atoms with van der Waals surface area (Å²) in [5, 5.41) is 0. The standard InChI is InChI=1S/C10H12BrNO3/c1-3-15-9(13)6-7-8(11)4-5-12-10(7)14-2/h4-5H,3,6H2,1-2H3. The summed E-state index contributed by atoms with van der Waals surface area (Å²) in [5.41, 5.74) is 0.707. The monoisotopic (exact) mass is 273 g/mol. The minimum atomic E-state index is -0.287. The van der Waals surface area contributed by atoms with Gasteiger partial charge in [-0.1, -0.05) is 15.9 Å². The molecule has 0 aliphatic heterocycles. The van der Waals surface area contributed by atoms with Gasteiger partial charge >= 0.3 is 5.97 Å². The molecule has 0 atom stereocenters. The van der Waals surface area contributed by atoms with Gasteiger partial charge in [-0.05, 0) is 13.0 Å². The van der Waals surface area contributed by atoms with Gasteiger partial charge in [0.05, 0.1) is 20.1 Å². The molecule has 0 amide bonds. The van der Waals surface area contributed by atoms with Gasteiger partial charge in [0, 0.05) is 16.2 Å². The van der Waals surface area contributed by atoms with Crippen molar-refractivity contribution in [1.82, 2.24) is 4.98 Å². The second kappa shape index (κ2) is 5.70. The molecule has 5 heteroatoms. The van der Waals surface area contributed by atoms with Gasteiger partial charge in [-0.2, -0.15) is 0 Å². The number of nitrogens with zero attached hydrogens (tertiary/aromatic N) is 1. The molecule has 0 N–H and O–H groups in total. The van der Waals surface area contributed by atoms with Crippen LogP contribution in [0.5, 0.6) is 5.88 Å². The summed E-state index contributed by atoms with van der Waals surface area (Å²) in [6.45, 7) is 2.15. The molecule has 1 rings (SSSR count). The summed E-state index contributed by atoms with van der Waals surface area (Å²) in [6.07, 6.45) is 1.77. The van der Waals surface area contributed by atoms with Crippen molar-refractivity contribution in [3.05, 3.63) is 22.3 Å². The van der Waals surface area contributed by atoms with Crippen molar-refractivity contribution in [2.24, 2.45) is 0 Å². The van der Waals surface area contributed by atoms with Crippen molar-refractivity contribution in [3.8, 4) is 5.88 Å². The fraction of sp³-hybridized carbons (Fsp3) is 0.400. The van der Waals surface area contributed by atoms with Crippen LogP contribution in [-0.2, 0) is 16.0 Å². The second-order valence-corrected chi connectivity index (χ2v) is 3.62. The number of rotatable bonds is 4. The van der Waals surface area contributed by atoms with E-state index < -0.39 is 0 Å². The Balaban J connectivity index is 2.87. The van der Waals surface area contributed by atoms with Crippen LogP contribution in [0.1, 0.15) is 12.5 Å². The smallest absolute Gasteiger partial charge is 0.310 e. The molecule has 4 nitrogen and oxygen atoms in total. The van der Waals surface area contributed by atoms with Gasteiger partial charge in [0.2, 0.25) is 5.88 Å². The van der Waals surface area contributed by atoms with Crippen LogP contribution in [-0.4, -0.2) is 24.7 Å². The summed E-state index contributed by atoms with van der Waals surface area (Å²) in [5.74, 6) is 0.155. The zero-order chi connectivity index (χ0) is 11.3. The highest BCUT2D eigenvalue weighted by atomic mass is 79.9. The van der Waals surface area contributed by atoms with E-state index in [4.69, 9.17) is 9.47 Å². The fourth-order valence-corrected chi connectivity index (χ4v) is 1.57. The van der Waals surface area contributed by atoms with Gasteiger partial charge in [-0.25, -0.2) is 4.98 Å². The van der Waals surface area contributed by atoms with Crippen molar-refractivity contribution >= 4 is 21.9 Å². The van der Waals surface area contributed by atoms with E-state index in [0.29, 0.717) is 18.1 Å². The highest BCUT2D eigenvalue weighted by molar-refractivity contribution is 9.10. The van der Waals surface area contributed by atoms with E-state index in [1.165, 1.54) is 7.11 Å². The molecule has 0 fully saturated rings. The maximum absolute atomic E-state index is 11.3. The van der Waals surface area contributed by atoms with Crippen molar-refractivity contribution < 1.29 is 14.3 Å². The Labute approximate surface area is 96.7 Å². The summed E-state index contributed by atoms with van der Waals surface area (Å²) in [7, 11) is 1.52. The highest BCUT2D eigenvalue weighted by Gasteiger charge is 2.13. The fourth-order valence-electron chi connectivity index (χ4n) is 1.14. The van der Waals surface area contributed by atoms with Gasteiger partial charge in [0.1, 0.15) is 0 Å². The van der Waals surface area contributed by atoms with Crippen molar-refractivity contribution in [2.45, 2.75) is 13.3 Å². The molecule has 0 saturated carbocycles. The van der Waals surface area contributed by atoms with Crippen molar-refractivity contribution in [1.29, 1.82) is 0 Å². The maximum atomic E-state index is 11.3. The lowest BCUT2D eigenvalue weighted by molar-refractivity contribution is -0.142. The molecule has 15 heavy (non-hydrogen) atoms. The van der Waals surface area contributed by atoms with E-state index in [1.54, 1.807) is 19.2 Å². The predicted octanol–water partition coefficient (Wildman–Crippen LogP) is 1.96. The van der Waals surface area contributed by atoms with Gasteiger partial charge in [-0.3, -0.25) is 4.79 Å². The molecule has 1 aromatic heterocycles. The number of hydrogen-bond acceptors (Lipinski definition) is 4. The lowest BCUT2D eigenvalue weighted by Gasteiger charge is -2.08. The minimum absolute atomic E-state index is 0.158. The molecule has 0 aliphatic carbocycles. The molecule has 82 valence electrons. The summed E-state index contributed by atoms with van der Waals surface area (Å²) >= 11 is 3.34. The lowest BCUT2D eigenvalue weighted by Crippen LogP contribution is -2.09. The Morgan fingerprint density at radius 3 is 2.93 bits per heavy atom. The third-order valence-corrected chi connectivity index (χ3v) is 2.52. The Kier molecular flexibility index (Phi) is 4.55. The average Bonchev–Trinajstić information content (AvgIpc) is 2.21. The Bertz CT molecular complexity index is 355. The molecule has 1 heterocycles. The number of pyridine rings is 1. The molecular formula is C10H12BrNO3. The average molecular weight is 274 g/mol. The zero-order valence-corrected chi connectivity index (χ0v) is 10.2. The molecule has 0 spiro atoms. The molecule has 0 saturated heterocycles. The van der Waals surface area contributed by atoms with Crippen LogP contribution >= 0.6 is 15.9 Å². The number of ether oxygens (including phenoxy) is 2. The van der Waals surface area contributed by atoms with Crippen LogP contribution in [0.25, 0.3) is 0 Å². The quantitative estimate of drug-likeness (QED) is 0.787. The van der Waals surface area contributed by atoms with Crippen LogP contribution < -0.4 is 4.74 Å². The molecule has 0 bridgehead atoms. The SMILES string of the molecule is CCOC(=O)Cc1c(Br)ccnc1OC. The van der Waals surface area contributed by atoms with Gasteiger partial charge in [-0.15, -0.1) is 0 Å². The van der Waals surface area contributed by atoms with E-state index >= 15 is 0 Å². The summed E-state index contributed by atoms with van der Waals surface area (Å²) in [6, 6.07) is 1.76. The zero-order valence-electron chi connectivity index (χ0n) is 8.62. The van der Waals surface area contributed by atoms with Crippen LogP contribution in [0, 0.1) is 0 Å². The largest absolute Gasteiger partial charge is 0.481 e. The van der Waals surface area contributed by atoms with Crippen LogP contribution in [0.3, 0.4) is 0 Å². The third kappa shape index (κ3) is 3.20. The number of methoxy groups -OCH3 is 1. The topological polar surface area (TPSA) is 48.4 Å². The Morgan fingerprint density at radius 1 is 1.60 bits per heavy atom. The normalized spacial score (nSPS) is 9.80. The Morgan fingerprint density at radius 2 is 2.33 bits per heavy atom. The molecule has 0 aliphatic rings. The van der Waals surface area contributed by atoms with E-state index in [2.05, 4.69) is 20.9 Å². The first-order valence-corrected chi connectivity index (χ1v) is 5.31. The van der Waals surface area contributed by atoms with Gasteiger partial charge in [0.25, 0.3) is 0 Å². The van der Waals surface area contributed by atoms with E-state index in [9.17, 15) is 4.79 Å². The van der Waals surface area contributed by atoms with Crippen LogP contribution in [0.2, 0.25) is 0 Å². The molecule has 0 aromatic carbocycles. The second-order valence-electron chi connectivity index (χ2n) is 2.76. The molecule has 0 radical (unpaired) electrons. The van der Waals surface area contributed by atoms with E-state index in [0.717, 1.165) is 4.47 Å². The molecular weight excluding hydrogens is 262 g/mol. The van der Waals surface area contributed by atoms with Crippen molar-refractivity contribution in [3.63, 3.8) is 0 Å². The highest BCUT2D eigenvalue weighted by Crippen LogP contribution is 2.24. The first kappa shape index (κ1) is 12.0. The first-order chi connectivity index (χ1) is 7.19. The van der Waals surface area contributed by atoms with Gasteiger partial charge < -0.3 is 9.47 Å². The first-order valence-electron chi connectivity index (χ1n) is 4.52. The molecule has 1 aromatic rings. The lowest BCUT2D eigenvalue weighted by atomic mass is 10.2. The predicted molar refractivity (Wildman–Crippen MR) is 58.8 cm³/mol. The molecule has 0 unspecified atom stereocenters. The van der Waals surface area contributed by atoms with E-state index in [1.807, 2.05) is 0 Å². The number of carbonyl (C=O) groups is 1. The van der Waals surface area contributed by atoms with Crippen LogP contribution in [0.4, 0.5) is 0 Å². The van der Waals surface area contributed by atoms with Crippen LogP contribution in [0.15, 0.2) is 16.7 Å².